The van der Waals surface area contributed by atoms with Gasteiger partial charge in [0.25, 0.3) is 0 Å². The number of hydrogen-bond donors (Lipinski definition) is 0. The fraction of sp³-hybridized carbons (Fsp3) is 0.947. The van der Waals surface area contributed by atoms with E-state index in [4.69, 9.17) is 9.22 Å². The summed E-state index contributed by atoms with van der Waals surface area (Å²) in [5, 5.41) is 0. The third-order valence-electron chi connectivity index (χ3n) is 13.0. The van der Waals surface area contributed by atoms with Gasteiger partial charge in [-0.25, -0.2) is 0 Å². The van der Waals surface area contributed by atoms with Crippen molar-refractivity contribution >= 4 is 72.8 Å². The van der Waals surface area contributed by atoms with Crippen LogP contribution in [0.3, 0.4) is 0 Å². The summed E-state index contributed by atoms with van der Waals surface area (Å²) in [6.45, 7) is 9.07. The molecule has 0 unspecified atom stereocenters. The zero-order valence-corrected chi connectivity index (χ0v) is 50.3. The Morgan fingerprint density at radius 1 is 0.269 bits per heavy atom. The molecule has 0 atom stereocenters. The first-order valence-corrected chi connectivity index (χ1v) is 38.3. The third kappa shape index (κ3) is 51.0. The molecule has 10 heteroatoms. The summed E-state index contributed by atoms with van der Waals surface area (Å²) in [7, 11) is 0. The van der Waals surface area contributed by atoms with E-state index in [1.54, 1.807) is 35.3 Å². The van der Waals surface area contributed by atoms with Crippen LogP contribution >= 0.6 is 35.3 Å². The van der Waals surface area contributed by atoms with E-state index < -0.39 is 37.5 Å². The van der Waals surface area contributed by atoms with Gasteiger partial charge in [-0.05, 0) is 0 Å². The predicted octanol–water partition coefficient (Wildman–Crippen LogP) is 19.6. The van der Waals surface area contributed by atoms with Gasteiger partial charge < -0.3 is 0 Å². The van der Waals surface area contributed by atoms with Crippen LogP contribution in [-0.4, -0.2) is 72.0 Å². The molecule has 67 heavy (non-hydrogen) atoms. The molecule has 6 nitrogen and oxygen atoms in total. The van der Waals surface area contributed by atoms with Gasteiger partial charge in [-0.2, -0.15) is 0 Å². The van der Waals surface area contributed by atoms with E-state index in [1.165, 1.54) is 238 Å². The van der Waals surface area contributed by atoms with E-state index in [2.05, 4.69) is 27.7 Å². The zero-order chi connectivity index (χ0) is 48.8. The SMILES string of the molecule is CCCCCCCCCCCCCSCC(=O)[O][Sn]([CH2]CCCCCCCCCCC)([O]C(=O)CSCCCCCCCCCCCCC)[O]C(=O)CSCCCCCCCCCCCCC. The monoisotopic (exact) mass is 1110 g/mol. The van der Waals surface area contributed by atoms with Crippen molar-refractivity contribution < 1.29 is 23.6 Å². The second-order valence-electron chi connectivity index (χ2n) is 19.8. The normalized spacial score (nSPS) is 11.6. The zero-order valence-electron chi connectivity index (χ0n) is 45.0. The fourth-order valence-corrected chi connectivity index (χ4v) is 18.7. The Labute approximate surface area is 436 Å². The van der Waals surface area contributed by atoms with E-state index >= 15 is 0 Å². The average Bonchev–Trinajstić information content (AvgIpc) is 3.31. The van der Waals surface area contributed by atoms with Crippen molar-refractivity contribution in [1.82, 2.24) is 0 Å². The quantitative estimate of drug-likeness (QED) is 0.0437. The Kier molecular flexibility index (Phi) is 55.8. The minimum atomic E-state index is -4.98. The maximum atomic E-state index is 13.6. The number of thioether (sulfide) groups is 3. The minimum absolute atomic E-state index is 0.199. The van der Waals surface area contributed by atoms with Crippen LogP contribution in [-0.2, 0) is 23.6 Å². The standard InChI is InChI=1S/3C15H30O2S.C12H25.Sn/c3*1-2-3-4-5-6-7-8-9-10-11-12-13-18-14-15(16)17;1-3-5-7-9-11-12-10-8-6-4-2;/h3*2-14H2,1H3,(H,16,17);1,3-12H2,2H3;/q;;;;+3/p-3. The molecule has 0 heterocycles. The Bertz CT molecular complexity index is 944. The molecule has 0 aromatic carbocycles. The maximum absolute atomic E-state index is 13.6. The van der Waals surface area contributed by atoms with Crippen LogP contribution in [0.1, 0.15) is 304 Å². The van der Waals surface area contributed by atoms with Gasteiger partial charge in [0.05, 0.1) is 0 Å². The van der Waals surface area contributed by atoms with E-state index in [-0.39, 0.29) is 17.3 Å². The Morgan fingerprint density at radius 3 is 0.657 bits per heavy atom. The third-order valence-corrected chi connectivity index (χ3v) is 23.4. The molecular formula is C57H112O6S3Sn. The number of hydrogen-bond acceptors (Lipinski definition) is 9. The number of rotatable bonds is 56. The van der Waals surface area contributed by atoms with Crippen LogP contribution in [0.15, 0.2) is 0 Å². The van der Waals surface area contributed by atoms with Crippen LogP contribution < -0.4 is 0 Å². The summed E-state index contributed by atoms with van der Waals surface area (Å²) >= 11 is -0.196. The average molecular weight is 1110 g/mol. The number of carbonyl (C=O) groups excluding carboxylic acids is 3. The summed E-state index contributed by atoms with van der Waals surface area (Å²) in [4.78, 5) is 40.8. The second kappa shape index (κ2) is 55.6. The molecule has 0 bridgehead atoms. The van der Waals surface area contributed by atoms with Gasteiger partial charge in [-0.1, -0.05) is 97.8 Å². The molecule has 0 saturated heterocycles. The van der Waals surface area contributed by atoms with Crippen LogP contribution in [0.25, 0.3) is 0 Å². The van der Waals surface area contributed by atoms with Gasteiger partial charge >= 0.3 is 341 Å². The molecule has 0 spiro atoms. The first-order chi connectivity index (χ1) is 32.9. The predicted molar refractivity (Wildman–Crippen MR) is 302 cm³/mol. The van der Waals surface area contributed by atoms with Crippen LogP contribution in [0.4, 0.5) is 0 Å². The van der Waals surface area contributed by atoms with E-state index in [1.807, 2.05) is 0 Å². The second-order valence-corrected chi connectivity index (χ2v) is 30.2. The first kappa shape index (κ1) is 67.3. The van der Waals surface area contributed by atoms with Crippen molar-refractivity contribution in [3.8, 4) is 0 Å². The molecule has 0 aromatic rings. The van der Waals surface area contributed by atoms with E-state index in [0.29, 0.717) is 4.44 Å². The molecule has 398 valence electrons. The van der Waals surface area contributed by atoms with Crippen molar-refractivity contribution in [2.75, 3.05) is 34.5 Å². The van der Waals surface area contributed by atoms with Gasteiger partial charge in [0.15, 0.2) is 0 Å². The summed E-state index contributed by atoms with van der Waals surface area (Å²) in [6, 6.07) is 0. The van der Waals surface area contributed by atoms with Crippen LogP contribution in [0, 0.1) is 0 Å². The molecule has 0 aromatic heterocycles. The van der Waals surface area contributed by atoms with Crippen molar-refractivity contribution in [3.05, 3.63) is 0 Å². The summed E-state index contributed by atoms with van der Waals surface area (Å²) in [6.07, 6.45) is 54.5. The minimum Gasteiger partial charge on any atom is -0.0654 e. The van der Waals surface area contributed by atoms with Gasteiger partial charge in [0.1, 0.15) is 0 Å². The molecule has 0 rings (SSSR count). The fourth-order valence-electron chi connectivity index (χ4n) is 8.72. The van der Waals surface area contributed by atoms with E-state index in [9.17, 15) is 14.4 Å². The summed E-state index contributed by atoms with van der Waals surface area (Å²) in [5.74, 6) is 2.13. The van der Waals surface area contributed by atoms with Crippen LogP contribution in [0.5, 0.6) is 0 Å². The van der Waals surface area contributed by atoms with Crippen LogP contribution in [0.2, 0.25) is 4.44 Å². The molecule has 0 aliphatic rings. The smallest absolute Gasteiger partial charge is 0.0654 e. The van der Waals surface area contributed by atoms with E-state index in [0.717, 1.165) is 55.8 Å². The Balaban J connectivity index is 5.28. The molecular weight excluding hydrogens is 996 g/mol. The van der Waals surface area contributed by atoms with Crippen molar-refractivity contribution in [2.45, 2.75) is 308 Å². The molecule has 0 aliphatic carbocycles. The Morgan fingerprint density at radius 2 is 0.448 bits per heavy atom. The van der Waals surface area contributed by atoms with Gasteiger partial charge in [-0.3, -0.25) is 0 Å². The topological polar surface area (TPSA) is 78.9 Å². The molecule has 0 saturated carbocycles. The van der Waals surface area contributed by atoms with Crippen molar-refractivity contribution in [1.29, 1.82) is 0 Å². The molecule has 0 amide bonds. The van der Waals surface area contributed by atoms with Crippen molar-refractivity contribution in [3.63, 3.8) is 0 Å². The molecule has 0 N–H and O–H groups in total. The molecule has 0 aliphatic heterocycles. The Hall–Kier alpha value is 0.259. The number of carbonyl (C=O) groups is 3. The molecule has 0 radical (unpaired) electrons. The van der Waals surface area contributed by atoms with Gasteiger partial charge in [0.2, 0.25) is 0 Å². The molecule has 0 fully saturated rings. The number of unbranched alkanes of at least 4 members (excludes halogenated alkanes) is 39. The first-order valence-electron chi connectivity index (χ1n) is 29.3. The van der Waals surface area contributed by atoms with Crippen molar-refractivity contribution in [2.24, 2.45) is 0 Å². The van der Waals surface area contributed by atoms with Gasteiger partial charge in [0, 0.05) is 0 Å². The summed E-state index contributed by atoms with van der Waals surface area (Å²) < 4.78 is 19.1. The summed E-state index contributed by atoms with van der Waals surface area (Å²) in [5.41, 5.74) is 0. The van der Waals surface area contributed by atoms with Gasteiger partial charge in [-0.15, -0.1) is 0 Å².